The van der Waals surface area contributed by atoms with Crippen LogP contribution in [0.5, 0.6) is 0 Å². The van der Waals surface area contributed by atoms with Crippen molar-refractivity contribution in [3.63, 3.8) is 0 Å². The molecule has 0 aliphatic heterocycles. The molecule has 0 bridgehead atoms. The minimum absolute atomic E-state index is 0.981. The lowest BCUT2D eigenvalue weighted by Gasteiger charge is -2.49. The van der Waals surface area contributed by atoms with Gasteiger partial charge in [0, 0.05) is 0 Å². The number of hydrogen-bond donors (Lipinski definition) is 0. The van der Waals surface area contributed by atoms with Gasteiger partial charge in [0.25, 0.3) is 0 Å². The standard InChI is InChI=1S/C12H20/c1-3-6-10-9(4-2)11-7-5-8-12(10)11/h5,8-12H,3-4,6-7H2,1-2H3. The van der Waals surface area contributed by atoms with Crippen LogP contribution in [-0.4, -0.2) is 0 Å². The second-order valence-corrected chi connectivity index (χ2v) is 4.43. The van der Waals surface area contributed by atoms with Crippen LogP contribution >= 0.6 is 0 Å². The van der Waals surface area contributed by atoms with E-state index in [1.165, 1.54) is 25.7 Å². The Hall–Kier alpha value is -0.260. The zero-order valence-electron chi connectivity index (χ0n) is 8.29. The van der Waals surface area contributed by atoms with E-state index in [4.69, 9.17) is 0 Å². The van der Waals surface area contributed by atoms with E-state index in [-0.39, 0.29) is 0 Å². The highest BCUT2D eigenvalue weighted by atomic mass is 14.5. The topological polar surface area (TPSA) is 0 Å². The lowest BCUT2D eigenvalue weighted by atomic mass is 9.56. The van der Waals surface area contributed by atoms with Gasteiger partial charge in [-0.2, -0.15) is 0 Å². The zero-order valence-corrected chi connectivity index (χ0v) is 8.29. The van der Waals surface area contributed by atoms with Gasteiger partial charge in [-0.3, -0.25) is 0 Å². The second kappa shape index (κ2) is 3.24. The molecule has 0 N–H and O–H groups in total. The number of rotatable bonds is 3. The van der Waals surface area contributed by atoms with Crippen molar-refractivity contribution in [3.05, 3.63) is 12.2 Å². The zero-order chi connectivity index (χ0) is 8.55. The van der Waals surface area contributed by atoms with Gasteiger partial charge in [-0.15, -0.1) is 0 Å². The normalized spacial score (nSPS) is 44.2. The Morgan fingerprint density at radius 3 is 2.75 bits per heavy atom. The maximum Gasteiger partial charge on any atom is -0.0168 e. The van der Waals surface area contributed by atoms with Gasteiger partial charge in [-0.05, 0) is 36.5 Å². The van der Waals surface area contributed by atoms with E-state index >= 15 is 0 Å². The van der Waals surface area contributed by atoms with E-state index in [9.17, 15) is 0 Å². The van der Waals surface area contributed by atoms with Gasteiger partial charge in [-0.1, -0.05) is 38.8 Å². The molecule has 12 heavy (non-hydrogen) atoms. The maximum atomic E-state index is 2.48. The third-order valence-corrected chi connectivity index (χ3v) is 3.95. The summed E-state index contributed by atoms with van der Waals surface area (Å²) in [5.41, 5.74) is 0. The van der Waals surface area contributed by atoms with Crippen LogP contribution in [0, 0.1) is 23.7 Å². The van der Waals surface area contributed by atoms with Gasteiger partial charge in [0.2, 0.25) is 0 Å². The van der Waals surface area contributed by atoms with Crippen molar-refractivity contribution in [1.29, 1.82) is 0 Å². The summed E-state index contributed by atoms with van der Waals surface area (Å²) in [5, 5.41) is 0. The molecule has 68 valence electrons. The minimum Gasteiger partial charge on any atom is -0.0879 e. The summed E-state index contributed by atoms with van der Waals surface area (Å²) in [4.78, 5) is 0. The molecule has 0 heterocycles. The maximum absolute atomic E-state index is 2.48. The third kappa shape index (κ3) is 1.04. The van der Waals surface area contributed by atoms with Gasteiger partial charge in [0.1, 0.15) is 0 Å². The van der Waals surface area contributed by atoms with E-state index in [0.29, 0.717) is 0 Å². The smallest absolute Gasteiger partial charge is 0.0168 e. The van der Waals surface area contributed by atoms with Crippen LogP contribution < -0.4 is 0 Å². The minimum atomic E-state index is 0.981. The van der Waals surface area contributed by atoms with E-state index in [0.717, 1.165) is 23.7 Å². The Labute approximate surface area is 76.1 Å². The average Bonchev–Trinajstić information content (AvgIpc) is 2.46. The van der Waals surface area contributed by atoms with Gasteiger partial charge in [-0.25, -0.2) is 0 Å². The SMILES string of the molecule is CCCC1C2C=CCC2C1CC. The van der Waals surface area contributed by atoms with Crippen LogP contribution in [-0.2, 0) is 0 Å². The predicted molar refractivity (Wildman–Crippen MR) is 52.9 cm³/mol. The fourth-order valence-corrected chi connectivity index (χ4v) is 3.42. The van der Waals surface area contributed by atoms with Crippen molar-refractivity contribution in [2.75, 3.05) is 0 Å². The molecule has 0 aromatic heterocycles. The molecule has 0 nitrogen and oxygen atoms in total. The Kier molecular flexibility index (Phi) is 2.25. The summed E-state index contributed by atoms with van der Waals surface area (Å²) in [7, 11) is 0. The van der Waals surface area contributed by atoms with Crippen LogP contribution in [0.25, 0.3) is 0 Å². The van der Waals surface area contributed by atoms with Crippen molar-refractivity contribution < 1.29 is 0 Å². The van der Waals surface area contributed by atoms with E-state index in [1.54, 1.807) is 0 Å². The summed E-state index contributed by atoms with van der Waals surface area (Å²) in [6.07, 6.45) is 10.5. The molecule has 0 saturated heterocycles. The lowest BCUT2D eigenvalue weighted by molar-refractivity contribution is 0.0123. The molecular formula is C12H20. The fourth-order valence-electron chi connectivity index (χ4n) is 3.42. The molecule has 1 fully saturated rings. The van der Waals surface area contributed by atoms with Crippen molar-refractivity contribution in [2.45, 2.75) is 39.5 Å². The highest BCUT2D eigenvalue weighted by Crippen LogP contribution is 2.55. The lowest BCUT2D eigenvalue weighted by Crippen LogP contribution is -2.43. The molecule has 0 radical (unpaired) electrons. The first-order chi connectivity index (χ1) is 5.88. The summed E-state index contributed by atoms with van der Waals surface area (Å²) >= 11 is 0. The van der Waals surface area contributed by atoms with E-state index in [2.05, 4.69) is 26.0 Å². The monoisotopic (exact) mass is 164 g/mol. The Balaban J connectivity index is 1.98. The van der Waals surface area contributed by atoms with E-state index in [1.807, 2.05) is 0 Å². The second-order valence-electron chi connectivity index (χ2n) is 4.43. The van der Waals surface area contributed by atoms with Gasteiger partial charge >= 0.3 is 0 Å². The van der Waals surface area contributed by atoms with Crippen LogP contribution in [0.3, 0.4) is 0 Å². The molecule has 0 heteroatoms. The van der Waals surface area contributed by atoms with Gasteiger partial charge in [0.15, 0.2) is 0 Å². The fraction of sp³-hybridized carbons (Fsp3) is 0.833. The first-order valence-electron chi connectivity index (χ1n) is 5.55. The molecule has 0 amide bonds. The predicted octanol–water partition coefficient (Wildman–Crippen LogP) is 3.63. The first kappa shape index (κ1) is 8.34. The van der Waals surface area contributed by atoms with Gasteiger partial charge < -0.3 is 0 Å². The van der Waals surface area contributed by atoms with Crippen molar-refractivity contribution in [2.24, 2.45) is 23.7 Å². The van der Waals surface area contributed by atoms with Crippen LogP contribution in [0.2, 0.25) is 0 Å². The molecule has 0 spiro atoms. The average molecular weight is 164 g/mol. The van der Waals surface area contributed by atoms with Crippen molar-refractivity contribution in [1.82, 2.24) is 0 Å². The largest absolute Gasteiger partial charge is 0.0879 e. The Morgan fingerprint density at radius 2 is 2.08 bits per heavy atom. The molecule has 2 aliphatic rings. The number of fused-ring (bicyclic) bond motifs is 1. The molecule has 4 atom stereocenters. The van der Waals surface area contributed by atoms with Gasteiger partial charge in [0.05, 0.1) is 0 Å². The highest BCUT2D eigenvalue weighted by molar-refractivity contribution is 5.13. The summed E-state index contributed by atoms with van der Waals surface area (Å²) in [5.74, 6) is 4.13. The molecule has 2 rings (SSSR count). The van der Waals surface area contributed by atoms with Crippen LogP contribution in [0.1, 0.15) is 39.5 Å². The molecule has 4 unspecified atom stereocenters. The highest BCUT2D eigenvalue weighted by Gasteiger charge is 2.47. The quantitative estimate of drug-likeness (QED) is 0.559. The van der Waals surface area contributed by atoms with Crippen molar-refractivity contribution >= 4 is 0 Å². The summed E-state index contributed by atoms with van der Waals surface area (Å²) in [6.45, 7) is 4.68. The van der Waals surface area contributed by atoms with Crippen molar-refractivity contribution in [3.8, 4) is 0 Å². The number of hydrogen-bond acceptors (Lipinski definition) is 0. The molecule has 0 aromatic rings. The molecule has 1 saturated carbocycles. The molecule has 0 aromatic carbocycles. The Morgan fingerprint density at radius 1 is 1.25 bits per heavy atom. The van der Waals surface area contributed by atoms with Crippen LogP contribution in [0.4, 0.5) is 0 Å². The summed E-state index contributed by atoms with van der Waals surface area (Å²) in [6, 6.07) is 0. The number of allylic oxidation sites excluding steroid dienone is 2. The van der Waals surface area contributed by atoms with Crippen LogP contribution in [0.15, 0.2) is 12.2 Å². The third-order valence-electron chi connectivity index (χ3n) is 3.95. The summed E-state index contributed by atoms with van der Waals surface area (Å²) < 4.78 is 0. The molecule has 2 aliphatic carbocycles. The first-order valence-corrected chi connectivity index (χ1v) is 5.55. The van der Waals surface area contributed by atoms with E-state index < -0.39 is 0 Å². The molecular weight excluding hydrogens is 144 g/mol. The Bertz CT molecular complexity index is 180.